The topological polar surface area (TPSA) is 26.0 Å². The number of benzene rings is 2. The molecule has 1 aliphatic rings. The molecule has 1 atom stereocenters. The second-order valence-corrected chi connectivity index (χ2v) is 6.29. The van der Waals surface area contributed by atoms with E-state index in [0.717, 1.165) is 23.7 Å². The summed E-state index contributed by atoms with van der Waals surface area (Å²) in [7, 11) is 0. The Bertz CT molecular complexity index is 593. The van der Waals surface area contributed by atoms with Gasteiger partial charge in [-0.05, 0) is 48.4 Å². The van der Waals surface area contributed by atoms with Crippen LogP contribution >= 0.6 is 15.9 Å². The highest BCUT2D eigenvalue weighted by Gasteiger charge is 2.32. The minimum Gasteiger partial charge on any atom is -0.321 e. The van der Waals surface area contributed by atoms with Crippen LogP contribution in [0.25, 0.3) is 0 Å². The Morgan fingerprint density at radius 1 is 1.05 bits per heavy atom. The molecule has 0 amide bonds. The Morgan fingerprint density at radius 3 is 2.63 bits per heavy atom. The Hall–Kier alpha value is -1.12. The van der Waals surface area contributed by atoms with E-state index in [0.29, 0.717) is 0 Å². The third-order valence-corrected chi connectivity index (χ3v) is 4.86. The summed E-state index contributed by atoms with van der Waals surface area (Å²) in [5.41, 5.74) is 10.6. The van der Waals surface area contributed by atoms with Crippen LogP contribution < -0.4 is 5.73 Å². The molecule has 2 heteroatoms. The molecule has 1 unspecified atom stereocenters. The Morgan fingerprint density at radius 2 is 1.79 bits per heavy atom. The van der Waals surface area contributed by atoms with Gasteiger partial charge in [0.15, 0.2) is 0 Å². The standard InChI is InChI=1S/C17H18BrN/c18-16-10-4-2-7-14(16)12-17(19)11-5-8-13-6-1-3-9-15(13)17/h1-4,6-7,9-10H,5,8,11-12,19H2. The zero-order chi connectivity index (χ0) is 13.3. The number of hydrogen-bond acceptors (Lipinski definition) is 1. The maximum absolute atomic E-state index is 6.75. The highest BCUT2D eigenvalue weighted by Crippen LogP contribution is 2.36. The van der Waals surface area contributed by atoms with Gasteiger partial charge < -0.3 is 5.73 Å². The third kappa shape index (κ3) is 2.47. The monoisotopic (exact) mass is 315 g/mol. The van der Waals surface area contributed by atoms with Crippen LogP contribution in [0.3, 0.4) is 0 Å². The van der Waals surface area contributed by atoms with Gasteiger partial charge in [-0.3, -0.25) is 0 Å². The van der Waals surface area contributed by atoms with Crippen molar-refractivity contribution < 1.29 is 0 Å². The molecule has 19 heavy (non-hydrogen) atoms. The van der Waals surface area contributed by atoms with E-state index in [1.807, 2.05) is 6.07 Å². The average Bonchev–Trinajstić information content (AvgIpc) is 2.42. The highest BCUT2D eigenvalue weighted by atomic mass is 79.9. The molecule has 0 fully saturated rings. The zero-order valence-electron chi connectivity index (χ0n) is 10.9. The normalized spacial score (nSPS) is 22.0. The lowest BCUT2D eigenvalue weighted by molar-refractivity contribution is 0.369. The van der Waals surface area contributed by atoms with Gasteiger partial charge in [0.1, 0.15) is 0 Å². The summed E-state index contributed by atoms with van der Waals surface area (Å²) >= 11 is 3.63. The lowest BCUT2D eigenvalue weighted by atomic mass is 9.74. The SMILES string of the molecule is NC1(Cc2ccccc2Br)CCCc2ccccc21. The molecule has 0 heterocycles. The lowest BCUT2D eigenvalue weighted by Gasteiger charge is -2.36. The summed E-state index contributed by atoms with van der Waals surface area (Å²) in [5.74, 6) is 0. The number of halogens is 1. The molecule has 0 aliphatic heterocycles. The first-order valence-electron chi connectivity index (χ1n) is 6.80. The first-order valence-corrected chi connectivity index (χ1v) is 7.59. The molecule has 98 valence electrons. The predicted octanol–water partition coefficient (Wildman–Crippen LogP) is 4.18. The molecule has 0 saturated heterocycles. The molecule has 3 rings (SSSR count). The van der Waals surface area contributed by atoms with Crippen LogP contribution in [0.2, 0.25) is 0 Å². The van der Waals surface area contributed by atoms with Gasteiger partial charge in [-0.15, -0.1) is 0 Å². The van der Waals surface area contributed by atoms with Gasteiger partial charge in [0, 0.05) is 10.0 Å². The van der Waals surface area contributed by atoms with E-state index in [1.54, 1.807) is 0 Å². The van der Waals surface area contributed by atoms with Gasteiger partial charge in [0.25, 0.3) is 0 Å². The van der Waals surface area contributed by atoms with Crippen molar-refractivity contribution in [2.45, 2.75) is 31.2 Å². The van der Waals surface area contributed by atoms with E-state index >= 15 is 0 Å². The van der Waals surface area contributed by atoms with Crippen molar-refractivity contribution in [3.05, 3.63) is 69.7 Å². The molecule has 0 aromatic heterocycles. The fourth-order valence-corrected chi connectivity index (χ4v) is 3.54. The summed E-state index contributed by atoms with van der Waals surface area (Å²) in [5, 5.41) is 0. The molecule has 0 saturated carbocycles. The predicted molar refractivity (Wildman–Crippen MR) is 83.1 cm³/mol. The molecule has 2 N–H and O–H groups in total. The first kappa shape index (κ1) is 12.9. The summed E-state index contributed by atoms with van der Waals surface area (Å²) in [4.78, 5) is 0. The van der Waals surface area contributed by atoms with E-state index in [2.05, 4.69) is 58.4 Å². The van der Waals surface area contributed by atoms with Crippen LogP contribution in [0.5, 0.6) is 0 Å². The molecule has 1 aliphatic carbocycles. The van der Waals surface area contributed by atoms with Crippen molar-refractivity contribution in [3.63, 3.8) is 0 Å². The van der Waals surface area contributed by atoms with Gasteiger partial charge in [-0.2, -0.15) is 0 Å². The number of aryl methyl sites for hydroxylation is 1. The summed E-state index contributed by atoms with van der Waals surface area (Å²) < 4.78 is 1.16. The van der Waals surface area contributed by atoms with E-state index in [1.165, 1.54) is 23.1 Å². The maximum Gasteiger partial charge on any atom is 0.0453 e. The fraction of sp³-hybridized carbons (Fsp3) is 0.294. The molecule has 2 aromatic rings. The van der Waals surface area contributed by atoms with Crippen molar-refractivity contribution in [3.8, 4) is 0 Å². The summed E-state index contributed by atoms with van der Waals surface area (Å²) in [6.07, 6.45) is 4.29. The molecular weight excluding hydrogens is 298 g/mol. The van der Waals surface area contributed by atoms with Crippen molar-refractivity contribution in [2.24, 2.45) is 5.73 Å². The fourth-order valence-electron chi connectivity index (χ4n) is 3.12. The Balaban J connectivity index is 1.99. The van der Waals surface area contributed by atoms with E-state index in [-0.39, 0.29) is 5.54 Å². The first-order chi connectivity index (χ1) is 9.19. The maximum atomic E-state index is 6.75. The van der Waals surface area contributed by atoms with Crippen molar-refractivity contribution in [1.82, 2.24) is 0 Å². The van der Waals surface area contributed by atoms with Gasteiger partial charge in [0.2, 0.25) is 0 Å². The van der Waals surface area contributed by atoms with Crippen LogP contribution in [-0.2, 0) is 18.4 Å². The van der Waals surface area contributed by atoms with E-state index < -0.39 is 0 Å². The minimum atomic E-state index is -0.223. The Labute approximate surface area is 123 Å². The van der Waals surface area contributed by atoms with Crippen LogP contribution in [0, 0.1) is 0 Å². The van der Waals surface area contributed by atoms with Crippen molar-refractivity contribution in [1.29, 1.82) is 0 Å². The number of nitrogens with two attached hydrogens (primary N) is 1. The van der Waals surface area contributed by atoms with Crippen LogP contribution in [0.4, 0.5) is 0 Å². The number of rotatable bonds is 2. The van der Waals surface area contributed by atoms with Crippen LogP contribution in [0.1, 0.15) is 29.5 Å². The zero-order valence-corrected chi connectivity index (χ0v) is 12.5. The van der Waals surface area contributed by atoms with Crippen LogP contribution in [0.15, 0.2) is 53.0 Å². The second kappa shape index (κ2) is 5.10. The molecule has 0 spiro atoms. The van der Waals surface area contributed by atoms with Crippen LogP contribution in [-0.4, -0.2) is 0 Å². The highest BCUT2D eigenvalue weighted by molar-refractivity contribution is 9.10. The molecule has 2 aromatic carbocycles. The largest absolute Gasteiger partial charge is 0.321 e. The summed E-state index contributed by atoms with van der Waals surface area (Å²) in [6.45, 7) is 0. The lowest BCUT2D eigenvalue weighted by Crippen LogP contribution is -2.42. The molecule has 0 bridgehead atoms. The molecular formula is C17H18BrN. The number of hydrogen-bond donors (Lipinski definition) is 1. The van der Waals surface area contributed by atoms with Gasteiger partial charge >= 0.3 is 0 Å². The average molecular weight is 316 g/mol. The van der Waals surface area contributed by atoms with Gasteiger partial charge in [0.05, 0.1) is 0 Å². The van der Waals surface area contributed by atoms with E-state index in [9.17, 15) is 0 Å². The van der Waals surface area contributed by atoms with Gasteiger partial charge in [-0.25, -0.2) is 0 Å². The quantitative estimate of drug-likeness (QED) is 0.883. The van der Waals surface area contributed by atoms with Crippen molar-refractivity contribution in [2.75, 3.05) is 0 Å². The Kier molecular flexibility index (Phi) is 3.46. The number of fused-ring (bicyclic) bond motifs is 1. The third-order valence-electron chi connectivity index (χ3n) is 4.09. The summed E-state index contributed by atoms with van der Waals surface area (Å²) in [6, 6.07) is 17.0. The smallest absolute Gasteiger partial charge is 0.0453 e. The minimum absolute atomic E-state index is 0.223. The second-order valence-electron chi connectivity index (χ2n) is 5.44. The molecule has 1 nitrogen and oxygen atoms in total. The van der Waals surface area contributed by atoms with Crippen molar-refractivity contribution >= 4 is 15.9 Å². The molecule has 0 radical (unpaired) electrons. The van der Waals surface area contributed by atoms with Gasteiger partial charge in [-0.1, -0.05) is 58.4 Å². The van der Waals surface area contributed by atoms with E-state index in [4.69, 9.17) is 5.73 Å².